The van der Waals surface area contributed by atoms with E-state index >= 15 is 0 Å². The third-order valence-electron chi connectivity index (χ3n) is 4.35. The van der Waals surface area contributed by atoms with Crippen molar-refractivity contribution in [1.82, 2.24) is 9.55 Å². The Morgan fingerprint density at radius 3 is 2.66 bits per heavy atom. The standard InChI is InChI=1S/C22H13BrClIN2O2/c23-14-6-9-20(28)13(11-14)5-10-21-26-18-8-7-15(25)12-16(18)22(29)27(21)19-4-2-1-3-17(19)24/h1-12,28H/b10-5+. The Hall–Kier alpha value is -2.16. The predicted octanol–water partition coefficient (Wildman–Crippen LogP) is 6.28. The second-order valence-corrected chi connectivity index (χ2v) is 8.83. The van der Waals surface area contributed by atoms with E-state index in [9.17, 15) is 9.90 Å². The van der Waals surface area contributed by atoms with Gasteiger partial charge < -0.3 is 5.11 Å². The third kappa shape index (κ3) is 4.10. The number of hydrogen-bond acceptors (Lipinski definition) is 3. The smallest absolute Gasteiger partial charge is 0.266 e. The maximum Gasteiger partial charge on any atom is 0.266 e. The van der Waals surface area contributed by atoms with E-state index in [-0.39, 0.29) is 11.3 Å². The molecule has 1 aromatic heterocycles. The average molecular weight is 580 g/mol. The van der Waals surface area contributed by atoms with Crippen LogP contribution in [0, 0.1) is 3.57 Å². The van der Waals surface area contributed by atoms with E-state index in [1.54, 1.807) is 42.5 Å². The minimum absolute atomic E-state index is 0.131. The van der Waals surface area contributed by atoms with Crippen LogP contribution in [0.5, 0.6) is 5.75 Å². The van der Waals surface area contributed by atoms with Crippen LogP contribution in [0.4, 0.5) is 0 Å². The van der Waals surface area contributed by atoms with Gasteiger partial charge in [-0.1, -0.05) is 39.7 Å². The lowest BCUT2D eigenvalue weighted by molar-refractivity contribution is 0.474. The Kier molecular flexibility index (Phi) is 5.76. The summed E-state index contributed by atoms with van der Waals surface area (Å²) in [7, 11) is 0. The number of phenols is 1. The highest BCUT2D eigenvalue weighted by molar-refractivity contribution is 14.1. The predicted molar refractivity (Wildman–Crippen MR) is 130 cm³/mol. The second kappa shape index (κ2) is 8.30. The van der Waals surface area contributed by atoms with E-state index < -0.39 is 0 Å². The molecular weight excluding hydrogens is 567 g/mol. The molecule has 0 aliphatic rings. The second-order valence-electron chi connectivity index (χ2n) is 6.26. The molecule has 0 saturated heterocycles. The van der Waals surface area contributed by atoms with E-state index in [1.165, 1.54) is 4.57 Å². The highest BCUT2D eigenvalue weighted by Gasteiger charge is 2.14. The van der Waals surface area contributed by atoms with Gasteiger partial charge >= 0.3 is 0 Å². The summed E-state index contributed by atoms with van der Waals surface area (Å²) in [6.45, 7) is 0. The molecule has 0 spiro atoms. The molecule has 4 nitrogen and oxygen atoms in total. The highest BCUT2D eigenvalue weighted by atomic mass is 127. The number of rotatable bonds is 3. The van der Waals surface area contributed by atoms with Crippen LogP contribution in [0.3, 0.4) is 0 Å². The van der Waals surface area contributed by atoms with Gasteiger partial charge in [0.2, 0.25) is 0 Å². The Bertz CT molecular complexity index is 1330. The van der Waals surface area contributed by atoms with Gasteiger partial charge in [0.15, 0.2) is 0 Å². The summed E-state index contributed by atoms with van der Waals surface area (Å²) in [5, 5.41) is 11.1. The van der Waals surface area contributed by atoms with E-state index in [0.29, 0.717) is 33.0 Å². The third-order valence-corrected chi connectivity index (χ3v) is 5.83. The van der Waals surface area contributed by atoms with Gasteiger partial charge in [-0.05, 0) is 83.3 Å². The number of para-hydroxylation sites is 1. The molecule has 0 amide bonds. The van der Waals surface area contributed by atoms with Crippen molar-refractivity contribution >= 4 is 73.2 Å². The number of benzene rings is 3. The fraction of sp³-hybridized carbons (Fsp3) is 0. The van der Waals surface area contributed by atoms with Crippen LogP contribution in [0.1, 0.15) is 11.4 Å². The van der Waals surface area contributed by atoms with Crippen molar-refractivity contribution in [2.45, 2.75) is 0 Å². The topological polar surface area (TPSA) is 55.1 Å². The van der Waals surface area contributed by atoms with Gasteiger partial charge in [0, 0.05) is 13.6 Å². The van der Waals surface area contributed by atoms with Gasteiger partial charge in [0.25, 0.3) is 5.56 Å². The van der Waals surface area contributed by atoms with Gasteiger partial charge in [-0.15, -0.1) is 0 Å². The lowest BCUT2D eigenvalue weighted by Crippen LogP contribution is -2.22. The Balaban J connectivity index is 1.99. The molecule has 0 fully saturated rings. The molecule has 0 aliphatic carbocycles. The zero-order chi connectivity index (χ0) is 20.5. The van der Waals surface area contributed by atoms with Gasteiger partial charge in [-0.25, -0.2) is 4.98 Å². The van der Waals surface area contributed by atoms with Crippen LogP contribution in [-0.2, 0) is 0 Å². The molecular formula is C22H13BrClIN2O2. The Morgan fingerprint density at radius 2 is 1.86 bits per heavy atom. The molecule has 0 bridgehead atoms. The molecule has 0 saturated carbocycles. The summed E-state index contributed by atoms with van der Waals surface area (Å²) in [5.74, 6) is 0.544. The maximum atomic E-state index is 13.4. The van der Waals surface area contributed by atoms with Gasteiger partial charge in [-0.2, -0.15) is 0 Å². The van der Waals surface area contributed by atoms with Gasteiger partial charge in [0.05, 0.1) is 21.6 Å². The van der Waals surface area contributed by atoms with Gasteiger partial charge in [-0.3, -0.25) is 9.36 Å². The number of hydrogen-bond donors (Lipinski definition) is 1. The first-order valence-electron chi connectivity index (χ1n) is 8.58. The fourth-order valence-electron chi connectivity index (χ4n) is 2.98. The summed E-state index contributed by atoms with van der Waals surface area (Å²) in [6.07, 6.45) is 3.41. The number of aromatic nitrogens is 2. The first-order chi connectivity index (χ1) is 13.9. The number of fused-ring (bicyclic) bond motifs is 1. The number of aromatic hydroxyl groups is 1. The molecule has 4 aromatic rings. The molecule has 0 atom stereocenters. The summed E-state index contributed by atoms with van der Waals surface area (Å²) in [5.41, 5.74) is 1.53. The molecule has 7 heteroatoms. The summed E-state index contributed by atoms with van der Waals surface area (Å²) in [6, 6.07) is 17.8. The van der Waals surface area contributed by atoms with Crippen LogP contribution in [-0.4, -0.2) is 14.7 Å². The molecule has 0 unspecified atom stereocenters. The molecule has 4 rings (SSSR count). The molecule has 29 heavy (non-hydrogen) atoms. The first-order valence-corrected chi connectivity index (χ1v) is 10.8. The van der Waals surface area contributed by atoms with E-state index in [0.717, 1.165) is 8.04 Å². The van der Waals surface area contributed by atoms with Gasteiger partial charge in [0.1, 0.15) is 11.6 Å². The van der Waals surface area contributed by atoms with E-state index in [1.807, 2.05) is 30.3 Å². The lowest BCUT2D eigenvalue weighted by atomic mass is 10.2. The minimum Gasteiger partial charge on any atom is -0.507 e. The zero-order valence-electron chi connectivity index (χ0n) is 14.8. The van der Waals surface area contributed by atoms with Crippen LogP contribution in [0.2, 0.25) is 5.02 Å². The molecule has 0 radical (unpaired) electrons. The van der Waals surface area contributed by atoms with Crippen molar-refractivity contribution in [2.75, 3.05) is 0 Å². The number of nitrogens with zero attached hydrogens (tertiary/aromatic N) is 2. The fourth-order valence-corrected chi connectivity index (χ4v) is 4.07. The lowest BCUT2D eigenvalue weighted by Gasteiger charge is -2.13. The molecule has 144 valence electrons. The van der Waals surface area contributed by atoms with Crippen molar-refractivity contribution in [3.63, 3.8) is 0 Å². The van der Waals surface area contributed by atoms with E-state index in [4.69, 9.17) is 11.6 Å². The van der Waals surface area contributed by atoms with Crippen molar-refractivity contribution in [1.29, 1.82) is 0 Å². The SMILES string of the molecule is O=c1c2cc(I)ccc2nc(/C=C/c2cc(Br)ccc2O)n1-c1ccccc1Cl. The molecule has 3 aromatic carbocycles. The number of halogens is 3. The summed E-state index contributed by atoms with van der Waals surface area (Å²) >= 11 is 12.0. The summed E-state index contributed by atoms with van der Waals surface area (Å²) in [4.78, 5) is 18.0. The zero-order valence-corrected chi connectivity index (χ0v) is 19.3. The van der Waals surface area contributed by atoms with Crippen molar-refractivity contribution < 1.29 is 5.11 Å². The van der Waals surface area contributed by atoms with Crippen LogP contribution in [0.15, 0.2) is 69.9 Å². The normalized spacial score (nSPS) is 11.4. The molecule has 1 heterocycles. The largest absolute Gasteiger partial charge is 0.507 e. The quantitative estimate of drug-likeness (QED) is 0.291. The Labute approximate surface area is 193 Å². The van der Waals surface area contributed by atoms with Crippen LogP contribution in [0.25, 0.3) is 28.7 Å². The molecule has 0 aliphatic heterocycles. The highest BCUT2D eigenvalue weighted by Crippen LogP contribution is 2.26. The number of phenolic OH excluding ortho intramolecular Hbond substituents is 1. The van der Waals surface area contributed by atoms with Crippen molar-refractivity contribution in [2.24, 2.45) is 0 Å². The first kappa shape index (κ1) is 20.1. The minimum atomic E-state index is -0.209. The average Bonchev–Trinajstić information content (AvgIpc) is 2.70. The Morgan fingerprint density at radius 1 is 1.07 bits per heavy atom. The van der Waals surface area contributed by atoms with Crippen LogP contribution < -0.4 is 5.56 Å². The van der Waals surface area contributed by atoms with Crippen molar-refractivity contribution in [3.05, 3.63) is 95.5 Å². The maximum absolute atomic E-state index is 13.4. The monoisotopic (exact) mass is 578 g/mol. The van der Waals surface area contributed by atoms with Crippen LogP contribution >= 0.6 is 50.1 Å². The molecule has 1 N–H and O–H groups in total. The van der Waals surface area contributed by atoms with Crippen molar-refractivity contribution in [3.8, 4) is 11.4 Å². The summed E-state index contributed by atoms with van der Waals surface area (Å²) < 4.78 is 3.27. The van der Waals surface area contributed by atoms with E-state index in [2.05, 4.69) is 43.5 Å².